The summed E-state index contributed by atoms with van der Waals surface area (Å²) in [5.74, 6) is 5.98. The van der Waals surface area contributed by atoms with Crippen LogP contribution in [0, 0.1) is 18.8 Å². The van der Waals surface area contributed by atoms with Crippen LogP contribution in [0.4, 0.5) is 0 Å². The summed E-state index contributed by atoms with van der Waals surface area (Å²) in [5, 5.41) is 0. The van der Waals surface area contributed by atoms with Crippen molar-refractivity contribution in [2.45, 2.75) is 31.6 Å². The summed E-state index contributed by atoms with van der Waals surface area (Å²) < 4.78 is 28.4. The third kappa shape index (κ3) is 4.30. The minimum atomic E-state index is -3.70. The maximum absolute atomic E-state index is 12.3. The molecule has 0 aromatic heterocycles. The molecule has 0 heterocycles. The average molecular weight is 325 g/mol. The maximum atomic E-state index is 12.3. The predicted octanol–water partition coefficient (Wildman–Crippen LogP) is 3.93. The highest BCUT2D eigenvalue weighted by atomic mass is 32.2. The van der Waals surface area contributed by atoms with Crippen LogP contribution >= 0.6 is 0 Å². The molecule has 0 bridgehead atoms. The summed E-state index contributed by atoms with van der Waals surface area (Å²) in [6.45, 7) is 5.68. The molecule has 0 aliphatic rings. The normalized spacial score (nSPS) is 12.7. The number of rotatable bonds is 4. The predicted molar refractivity (Wildman–Crippen MR) is 94.3 cm³/mol. The molecule has 0 radical (unpaired) electrons. The molecular weight excluding hydrogens is 306 g/mol. The van der Waals surface area contributed by atoms with E-state index in [-0.39, 0.29) is 10.8 Å². The van der Waals surface area contributed by atoms with E-state index in [1.54, 1.807) is 31.2 Å². The van der Waals surface area contributed by atoms with E-state index in [9.17, 15) is 8.42 Å². The van der Waals surface area contributed by atoms with Gasteiger partial charge in [-0.15, -0.1) is 5.92 Å². The third-order valence-corrected chi connectivity index (χ3v) is 4.72. The van der Waals surface area contributed by atoms with Gasteiger partial charge in [-0.25, -0.2) is 0 Å². The highest BCUT2D eigenvalue weighted by Crippen LogP contribution is 2.19. The quantitative estimate of drug-likeness (QED) is 0.631. The van der Waals surface area contributed by atoms with Crippen molar-refractivity contribution in [2.75, 3.05) is 0 Å². The Labute approximate surface area is 138 Å². The summed E-state index contributed by atoms with van der Waals surface area (Å²) in [7, 11) is -3.70. The molecule has 0 saturated heterocycles. The zero-order valence-corrected chi connectivity index (χ0v) is 14.3. The van der Waals surface area contributed by atoms with E-state index in [1.807, 2.05) is 38.1 Å². The molecule has 0 aliphatic carbocycles. The van der Waals surface area contributed by atoms with E-state index in [0.717, 1.165) is 16.7 Å². The Morgan fingerprint density at radius 3 is 2.39 bits per heavy atom. The summed E-state index contributed by atoms with van der Waals surface area (Å²) >= 11 is 0. The van der Waals surface area contributed by atoms with Gasteiger partial charge in [-0.05, 0) is 44.0 Å². The molecule has 3 nitrogen and oxygen atoms in total. The van der Waals surface area contributed by atoms with Gasteiger partial charge in [0.05, 0.1) is 4.90 Å². The van der Waals surface area contributed by atoms with Crippen LogP contribution in [0.5, 0.6) is 0 Å². The Morgan fingerprint density at radius 2 is 1.74 bits per heavy atom. The Balaban J connectivity index is 2.36. The van der Waals surface area contributed by atoms with Gasteiger partial charge in [0, 0.05) is 12.1 Å². The minimum Gasteiger partial charge on any atom is -0.199 e. The van der Waals surface area contributed by atoms with Crippen molar-refractivity contribution in [2.24, 2.45) is 4.40 Å². The van der Waals surface area contributed by atoms with Crippen molar-refractivity contribution < 1.29 is 8.42 Å². The number of benzene rings is 2. The monoisotopic (exact) mass is 325 g/mol. The van der Waals surface area contributed by atoms with Crippen LogP contribution in [-0.4, -0.2) is 14.6 Å². The highest BCUT2D eigenvalue weighted by molar-refractivity contribution is 7.90. The molecule has 0 amide bonds. The first-order chi connectivity index (χ1) is 10.9. The molecule has 2 aromatic carbocycles. The number of sulfonamides is 1. The van der Waals surface area contributed by atoms with E-state index >= 15 is 0 Å². The van der Waals surface area contributed by atoms with Gasteiger partial charge in [-0.2, -0.15) is 12.8 Å². The summed E-state index contributed by atoms with van der Waals surface area (Å²) in [4.78, 5) is 0.193. The molecule has 23 heavy (non-hydrogen) atoms. The van der Waals surface area contributed by atoms with E-state index in [0.29, 0.717) is 0 Å². The summed E-state index contributed by atoms with van der Waals surface area (Å²) in [6.07, 6.45) is 1.40. The topological polar surface area (TPSA) is 46.5 Å². The van der Waals surface area contributed by atoms with Crippen molar-refractivity contribution in [3.8, 4) is 11.8 Å². The molecule has 1 unspecified atom stereocenters. The molecule has 0 spiro atoms. The summed E-state index contributed by atoms with van der Waals surface area (Å²) in [6, 6.07) is 14.2. The van der Waals surface area contributed by atoms with E-state index in [1.165, 1.54) is 6.21 Å². The van der Waals surface area contributed by atoms with Gasteiger partial charge >= 0.3 is 0 Å². The average Bonchev–Trinajstić information content (AvgIpc) is 2.54. The molecule has 0 saturated carbocycles. The lowest BCUT2D eigenvalue weighted by atomic mass is 9.97. The second-order valence-electron chi connectivity index (χ2n) is 5.27. The third-order valence-electron chi connectivity index (χ3n) is 3.47. The smallest absolute Gasteiger partial charge is 0.199 e. The Hall–Kier alpha value is -2.38. The zero-order valence-electron chi connectivity index (χ0n) is 13.4. The highest BCUT2D eigenvalue weighted by Gasteiger charge is 2.12. The maximum Gasteiger partial charge on any atom is 0.282 e. The molecule has 0 N–H and O–H groups in total. The summed E-state index contributed by atoms with van der Waals surface area (Å²) in [5.41, 5.74) is 2.73. The fourth-order valence-electron chi connectivity index (χ4n) is 2.21. The van der Waals surface area contributed by atoms with Gasteiger partial charge in [-0.3, -0.25) is 0 Å². The minimum absolute atomic E-state index is 0.0183. The second-order valence-corrected chi connectivity index (χ2v) is 6.90. The Bertz CT molecular complexity index is 870. The first-order valence-corrected chi connectivity index (χ1v) is 8.76. The lowest BCUT2D eigenvalue weighted by Gasteiger charge is -2.08. The van der Waals surface area contributed by atoms with Gasteiger partial charge in [-0.1, -0.05) is 47.9 Å². The Morgan fingerprint density at radius 1 is 1.09 bits per heavy atom. The molecule has 1 atom stereocenters. The van der Waals surface area contributed by atoms with Gasteiger partial charge in [0.2, 0.25) is 0 Å². The van der Waals surface area contributed by atoms with Gasteiger partial charge < -0.3 is 0 Å². The van der Waals surface area contributed by atoms with Gasteiger partial charge in [0.1, 0.15) is 0 Å². The first kappa shape index (κ1) is 17.0. The number of nitrogens with zero attached hydrogens (tertiary/aromatic N) is 1. The SMILES string of the molecule is CC#CC(C)c1ccccc1/C=N/S(=O)(=O)c1ccc(C)cc1. The van der Waals surface area contributed by atoms with Crippen molar-refractivity contribution in [1.29, 1.82) is 0 Å². The molecule has 0 aliphatic heterocycles. The molecule has 118 valence electrons. The lowest BCUT2D eigenvalue weighted by molar-refractivity contribution is 0.598. The molecule has 2 aromatic rings. The standard InChI is InChI=1S/C19H19NO2S/c1-4-7-16(3)19-9-6-5-8-17(19)14-20-23(21,22)18-12-10-15(2)11-13-18/h5-6,8-14,16H,1-3H3/b20-14+. The molecule has 2 rings (SSSR count). The fraction of sp³-hybridized carbons (Fsp3) is 0.211. The number of aryl methyl sites for hydroxylation is 1. The van der Waals surface area contributed by atoms with Crippen LogP contribution in [0.15, 0.2) is 57.8 Å². The van der Waals surface area contributed by atoms with Crippen LogP contribution in [-0.2, 0) is 10.0 Å². The van der Waals surface area contributed by atoms with Crippen LogP contribution in [0.1, 0.15) is 36.5 Å². The van der Waals surface area contributed by atoms with Crippen molar-refractivity contribution in [1.82, 2.24) is 0 Å². The number of hydrogen-bond acceptors (Lipinski definition) is 2. The lowest BCUT2D eigenvalue weighted by Crippen LogP contribution is -2.01. The van der Waals surface area contributed by atoms with Crippen LogP contribution in [0.25, 0.3) is 0 Å². The molecular formula is C19H19NO2S. The fourth-order valence-corrected chi connectivity index (χ4v) is 3.07. The van der Waals surface area contributed by atoms with Gasteiger partial charge in [0.25, 0.3) is 10.0 Å². The Kier molecular flexibility index (Phi) is 5.36. The molecule has 0 fully saturated rings. The van der Waals surface area contributed by atoms with Crippen LogP contribution in [0.3, 0.4) is 0 Å². The van der Waals surface area contributed by atoms with Crippen LogP contribution < -0.4 is 0 Å². The number of hydrogen-bond donors (Lipinski definition) is 0. The van der Waals surface area contributed by atoms with E-state index < -0.39 is 10.0 Å². The van der Waals surface area contributed by atoms with Crippen LogP contribution in [0.2, 0.25) is 0 Å². The second kappa shape index (κ2) is 7.26. The largest absolute Gasteiger partial charge is 0.282 e. The molecule has 4 heteroatoms. The zero-order chi connectivity index (χ0) is 16.9. The van der Waals surface area contributed by atoms with Crippen molar-refractivity contribution >= 4 is 16.2 Å². The van der Waals surface area contributed by atoms with Crippen molar-refractivity contribution in [3.63, 3.8) is 0 Å². The first-order valence-electron chi connectivity index (χ1n) is 7.32. The van der Waals surface area contributed by atoms with Gasteiger partial charge in [0.15, 0.2) is 0 Å². The van der Waals surface area contributed by atoms with Crippen molar-refractivity contribution in [3.05, 3.63) is 65.2 Å². The van der Waals surface area contributed by atoms with E-state index in [2.05, 4.69) is 16.2 Å². The van der Waals surface area contributed by atoms with E-state index in [4.69, 9.17) is 0 Å².